The number of nitrogens with zero attached hydrogens (tertiary/aromatic N) is 6. The van der Waals surface area contributed by atoms with Crippen molar-refractivity contribution in [3.05, 3.63) is 79.5 Å². The fourth-order valence-electron chi connectivity index (χ4n) is 15.2. The number of benzene rings is 2. The van der Waals surface area contributed by atoms with Crippen LogP contribution < -0.4 is 11.1 Å². The maximum atomic E-state index is 13.0. The second-order valence-electron chi connectivity index (χ2n) is 20.0. The van der Waals surface area contributed by atoms with E-state index in [2.05, 4.69) is 19.8 Å². The molecule has 4 aromatic rings. The van der Waals surface area contributed by atoms with Crippen LogP contribution in [-0.2, 0) is 0 Å². The molecule has 2 aromatic carbocycles. The second kappa shape index (κ2) is 16.2. The van der Waals surface area contributed by atoms with Gasteiger partial charge in [-0.1, -0.05) is 93.4 Å². The molecule has 9 aliphatic rings. The minimum Gasteiger partial charge on any atom is -0.301 e. The number of hydrogen-bond donors (Lipinski definition) is 0. The number of aromatic nitrogens is 4. The zero-order valence-electron chi connectivity index (χ0n) is 34.0. The second-order valence-corrected chi connectivity index (χ2v) is 20.7. The summed E-state index contributed by atoms with van der Waals surface area (Å²) >= 11 is 12.5. The van der Waals surface area contributed by atoms with Crippen LogP contribution in [0.1, 0.15) is 154 Å². The third-order valence-electron chi connectivity index (χ3n) is 16.9. The van der Waals surface area contributed by atoms with Crippen LogP contribution in [0, 0.1) is 17.8 Å². The Morgan fingerprint density at radius 3 is 1.49 bits per heavy atom. The van der Waals surface area contributed by atoms with Gasteiger partial charge in [0.25, 0.3) is 11.1 Å². The van der Waals surface area contributed by atoms with Crippen LogP contribution >= 0.6 is 23.2 Å². The molecule has 8 nitrogen and oxygen atoms in total. The van der Waals surface area contributed by atoms with Gasteiger partial charge in [0.1, 0.15) is 0 Å². The Morgan fingerprint density at radius 1 is 0.508 bits per heavy atom. The number of piperidine rings is 3. The van der Waals surface area contributed by atoms with Gasteiger partial charge in [-0.05, 0) is 138 Å². The van der Waals surface area contributed by atoms with Crippen molar-refractivity contribution in [1.29, 1.82) is 0 Å². The molecule has 0 spiro atoms. The number of rotatable bonds is 4. The smallest absolute Gasteiger partial charge is 0.288 e. The molecule has 0 amide bonds. The van der Waals surface area contributed by atoms with Gasteiger partial charge in [-0.15, -0.1) is 0 Å². The lowest BCUT2D eigenvalue weighted by atomic mass is 9.78. The van der Waals surface area contributed by atoms with E-state index in [9.17, 15) is 9.59 Å². The van der Waals surface area contributed by atoms with E-state index >= 15 is 0 Å². The van der Waals surface area contributed by atoms with Crippen LogP contribution in [-0.4, -0.2) is 64.7 Å². The summed E-state index contributed by atoms with van der Waals surface area (Å²) in [6, 6.07) is 19.6. The van der Waals surface area contributed by atoms with Crippen LogP contribution in [0.3, 0.4) is 0 Å². The molecular formula is C49H64Cl2N6O2. The Hall–Kier alpha value is -2.78. The van der Waals surface area contributed by atoms with Crippen molar-refractivity contribution in [1.82, 2.24) is 28.9 Å². The van der Waals surface area contributed by atoms with Crippen LogP contribution in [0.5, 0.6) is 0 Å². The molecular weight excluding hydrogens is 775 g/mol. The molecule has 8 atom stereocenters. The molecule has 4 aliphatic heterocycles. The molecule has 316 valence electrons. The molecule has 8 bridgehead atoms. The average Bonchev–Trinajstić information content (AvgIpc) is 3.73. The van der Waals surface area contributed by atoms with Crippen LogP contribution in [0.2, 0.25) is 10.3 Å². The third kappa shape index (κ3) is 6.93. The molecule has 0 radical (unpaired) electrons. The van der Waals surface area contributed by atoms with Gasteiger partial charge in [0.2, 0.25) is 0 Å². The maximum absolute atomic E-state index is 13.0. The molecule has 4 saturated heterocycles. The topological polar surface area (TPSA) is 76.3 Å². The van der Waals surface area contributed by atoms with Crippen molar-refractivity contribution in [3.63, 3.8) is 0 Å². The summed E-state index contributed by atoms with van der Waals surface area (Å²) in [4.78, 5) is 40.7. The highest BCUT2D eigenvalue weighted by atomic mass is 35.5. The Morgan fingerprint density at radius 2 is 0.966 bits per heavy atom. The number of para-hydroxylation sites is 4. The Bertz CT molecular complexity index is 2260. The summed E-state index contributed by atoms with van der Waals surface area (Å²) < 4.78 is 3.97. The van der Waals surface area contributed by atoms with Crippen LogP contribution in [0.25, 0.3) is 22.1 Å². The fourth-order valence-corrected chi connectivity index (χ4v) is 15.5. The first-order chi connectivity index (χ1) is 28.3. The van der Waals surface area contributed by atoms with Crippen molar-refractivity contribution in [3.8, 4) is 0 Å². The Balaban J connectivity index is 0.000000140. The van der Waals surface area contributed by atoms with Crippen LogP contribution in [0.4, 0.5) is 0 Å². The van der Waals surface area contributed by atoms with Crippen molar-refractivity contribution in [2.45, 2.75) is 190 Å². The minimum absolute atomic E-state index is 0. The molecule has 2 aromatic heterocycles. The van der Waals surface area contributed by atoms with Gasteiger partial charge in [-0.3, -0.25) is 19.4 Å². The van der Waals surface area contributed by atoms with E-state index in [0.29, 0.717) is 29.7 Å². The summed E-state index contributed by atoms with van der Waals surface area (Å²) in [6.45, 7) is 0. The monoisotopic (exact) mass is 838 g/mol. The first-order valence-electron chi connectivity index (χ1n) is 23.2. The predicted molar refractivity (Wildman–Crippen MR) is 240 cm³/mol. The van der Waals surface area contributed by atoms with Crippen molar-refractivity contribution >= 4 is 45.3 Å². The highest BCUT2D eigenvalue weighted by Crippen LogP contribution is 2.65. The van der Waals surface area contributed by atoms with E-state index < -0.39 is 0 Å². The largest absolute Gasteiger partial charge is 0.301 e. The van der Waals surface area contributed by atoms with E-state index in [1.165, 1.54) is 109 Å². The van der Waals surface area contributed by atoms with E-state index in [1.54, 1.807) is 0 Å². The first-order valence-corrected chi connectivity index (χ1v) is 24.0. The molecule has 10 heteroatoms. The van der Waals surface area contributed by atoms with Crippen molar-refractivity contribution in [2.75, 3.05) is 0 Å². The van der Waals surface area contributed by atoms with Gasteiger partial charge in [-0.25, -0.2) is 9.97 Å². The van der Waals surface area contributed by atoms with Gasteiger partial charge in [-0.2, -0.15) is 0 Å². The third-order valence-corrected chi connectivity index (χ3v) is 17.4. The highest BCUT2D eigenvalue weighted by molar-refractivity contribution is 6.29. The lowest BCUT2D eigenvalue weighted by molar-refractivity contribution is -0.0247. The fraction of sp³-hybridized carbons (Fsp3) is 0.673. The Kier molecular flexibility index (Phi) is 11.0. The van der Waals surface area contributed by atoms with Gasteiger partial charge in [0.15, 0.2) is 10.3 Å². The zero-order valence-corrected chi connectivity index (χ0v) is 35.5. The Labute approximate surface area is 360 Å². The summed E-state index contributed by atoms with van der Waals surface area (Å²) in [5.74, 6) is 2.94. The van der Waals surface area contributed by atoms with Gasteiger partial charge >= 0.3 is 0 Å². The van der Waals surface area contributed by atoms with Gasteiger partial charge < -0.3 is 9.13 Å². The lowest BCUT2D eigenvalue weighted by Gasteiger charge is -2.53. The molecule has 4 unspecified atom stereocenters. The van der Waals surface area contributed by atoms with E-state index in [-0.39, 0.29) is 40.9 Å². The quantitative estimate of drug-likeness (QED) is 0.204. The molecule has 0 N–H and O–H groups in total. The van der Waals surface area contributed by atoms with E-state index in [0.717, 1.165) is 71.5 Å². The van der Waals surface area contributed by atoms with Crippen LogP contribution in [0.15, 0.2) is 58.1 Å². The summed E-state index contributed by atoms with van der Waals surface area (Å²) in [7, 11) is 0. The predicted octanol–water partition coefficient (Wildman–Crippen LogP) is 11.2. The number of halogens is 2. The number of fused-ring (bicyclic) bond motifs is 6. The van der Waals surface area contributed by atoms with Crippen molar-refractivity contribution < 1.29 is 0 Å². The van der Waals surface area contributed by atoms with E-state index in [1.807, 2.05) is 57.7 Å². The zero-order chi connectivity index (χ0) is 39.1. The standard InChI is InChI=1S/C24H28ClN3O.C24H32ClN3O.CH4/c25-22-23(29)27(21-4-2-1-3-20(21)26-22)19-10-17-5-6-18(11-19)28(17)24-12-14-7-15(13-24)9-16(24)8-14;25-23-24(29)28(22-14-7-6-13-21(22)26-23)20-15-18-11-8-12-19(16-20)27(18)17-9-4-2-1-3-5-10-17;/h1-4,14-19H,5-13H2;6-7,13-14,17-20H,1-5,8-12,15-16H2;1H4/t14?,15?,16?,17-,18+,19?,24?;18-,19+,20?;. The van der Waals surface area contributed by atoms with Gasteiger partial charge in [0, 0.05) is 47.8 Å². The normalized spacial score (nSPS) is 35.6. The average molecular weight is 840 g/mol. The molecule has 6 heterocycles. The first kappa shape index (κ1) is 40.3. The molecule has 59 heavy (non-hydrogen) atoms. The minimum atomic E-state index is -0.118. The molecule has 13 rings (SSSR count). The molecule has 9 fully saturated rings. The van der Waals surface area contributed by atoms with E-state index in [4.69, 9.17) is 23.2 Å². The molecule has 5 saturated carbocycles. The lowest BCUT2D eigenvalue weighted by Crippen LogP contribution is -2.58. The van der Waals surface area contributed by atoms with Crippen molar-refractivity contribution in [2.24, 2.45) is 17.8 Å². The van der Waals surface area contributed by atoms with Gasteiger partial charge in [0.05, 0.1) is 22.1 Å². The number of hydrogen-bond acceptors (Lipinski definition) is 6. The molecule has 5 aliphatic carbocycles. The summed E-state index contributed by atoms with van der Waals surface area (Å²) in [5.41, 5.74) is 3.81. The summed E-state index contributed by atoms with van der Waals surface area (Å²) in [6.07, 6.45) is 27.9. The maximum Gasteiger partial charge on any atom is 0.288 e. The summed E-state index contributed by atoms with van der Waals surface area (Å²) in [5, 5.41) is 0.222. The SMILES string of the molecule is C.O=c1c(Cl)nc2ccccc2n1C1C[C@H]2CCC[C@@H](C1)N2C1CCCCCCC1.O=c1c(Cl)nc2ccccc2n1C1C[C@H]2CC[C@@H](C1)N2C12CC3CC(CC1C3)C2. The highest BCUT2D eigenvalue weighted by Gasteiger charge is 2.64.